The molecule has 0 aliphatic carbocycles. The minimum Gasteiger partial charge on any atom is -0.469 e. The predicted octanol–water partition coefficient (Wildman–Crippen LogP) is 2.84. The fourth-order valence-electron chi connectivity index (χ4n) is 2.12. The quantitative estimate of drug-likeness (QED) is 0.519. The third-order valence-electron chi connectivity index (χ3n) is 3.42. The summed E-state index contributed by atoms with van der Waals surface area (Å²) in [6.45, 7) is 1.20. The summed E-state index contributed by atoms with van der Waals surface area (Å²) in [7, 11) is 1.33. The van der Waals surface area contributed by atoms with Gasteiger partial charge in [-0.1, -0.05) is 30.3 Å². The van der Waals surface area contributed by atoms with Crippen LogP contribution in [0.2, 0.25) is 0 Å². The molecule has 0 unspecified atom stereocenters. The van der Waals surface area contributed by atoms with Crippen LogP contribution in [0.5, 0.6) is 0 Å². The molecular formula is C18H22N2O4S. The van der Waals surface area contributed by atoms with Crippen LogP contribution in [0.1, 0.15) is 24.1 Å². The Morgan fingerprint density at radius 3 is 2.76 bits per heavy atom. The van der Waals surface area contributed by atoms with E-state index in [2.05, 4.69) is 27.2 Å². The van der Waals surface area contributed by atoms with Gasteiger partial charge in [0, 0.05) is 18.4 Å². The number of benzene rings is 1. The zero-order valence-corrected chi connectivity index (χ0v) is 15.0. The molecule has 2 aromatic rings. The number of thiazole rings is 1. The van der Waals surface area contributed by atoms with Crippen molar-refractivity contribution in [1.29, 1.82) is 0 Å². The summed E-state index contributed by atoms with van der Waals surface area (Å²) in [4.78, 5) is 27.2. The van der Waals surface area contributed by atoms with E-state index in [4.69, 9.17) is 4.74 Å². The maximum atomic E-state index is 11.9. The number of hydrogen-bond acceptors (Lipinski definition) is 6. The topological polar surface area (TPSA) is 77.5 Å². The van der Waals surface area contributed by atoms with Crippen LogP contribution < -0.4 is 5.32 Å². The molecule has 0 spiro atoms. The van der Waals surface area contributed by atoms with E-state index in [1.807, 2.05) is 18.2 Å². The van der Waals surface area contributed by atoms with Gasteiger partial charge in [-0.15, -0.1) is 11.3 Å². The third kappa shape index (κ3) is 7.45. The number of anilines is 1. The second-order valence-corrected chi connectivity index (χ2v) is 6.25. The fraction of sp³-hybridized carbons (Fsp3) is 0.389. The number of ether oxygens (including phenoxy) is 2. The molecule has 0 aliphatic heterocycles. The van der Waals surface area contributed by atoms with Gasteiger partial charge < -0.3 is 14.8 Å². The Morgan fingerprint density at radius 2 is 2.00 bits per heavy atom. The zero-order chi connectivity index (χ0) is 17.9. The third-order valence-corrected chi connectivity index (χ3v) is 4.23. The van der Waals surface area contributed by atoms with Gasteiger partial charge in [0.1, 0.15) is 0 Å². The van der Waals surface area contributed by atoms with Gasteiger partial charge in [-0.3, -0.25) is 9.59 Å². The number of esters is 1. The van der Waals surface area contributed by atoms with Crippen molar-refractivity contribution in [2.75, 3.05) is 25.6 Å². The Labute approximate surface area is 151 Å². The van der Waals surface area contributed by atoms with Crippen LogP contribution in [0.3, 0.4) is 0 Å². The smallest absolute Gasteiger partial charge is 0.311 e. The number of rotatable bonds is 10. The first kappa shape index (κ1) is 19.1. The van der Waals surface area contributed by atoms with E-state index in [9.17, 15) is 9.59 Å². The Morgan fingerprint density at radius 1 is 1.20 bits per heavy atom. The molecule has 0 saturated carbocycles. The van der Waals surface area contributed by atoms with E-state index in [1.54, 1.807) is 5.38 Å². The maximum Gasteiger partial charge on any atom is 0.311 e. The lowest BCUT2D eigenvalue weighted by Crippen LogP contribution is -2.12. The highest BCUT2D eigenvalue weighted by Crippen LogP contribution is 2.16. The molecule has 0 atom stereocenters. The van der Waals surface area contributed by atoms with Crippen molar-refractivity contribution in [3.8, 4) is 0 Å². The van der Waals surface area contributed by atoms with Gasteiger partial charge in [0.25, 0.3) is 0 Å². The van der Waals surface area contributed by atoms with E-state index >= 15 is 0 Å². The molecule has 0 fully saturated rings. The SMILES string of the molecule is COC(=O)Cc1csc(NC(=O)CCCOCCc2ccccc2)n1. The molecule has 0 saturated heterocycles. The molecule has 7 heteroatoms. The van der Waals surface area contributed by atoms with E-state index in [0.29, 0.717) is 36.9 Å². The van der Waals surface area contributed by atoms with Crippen molar-refractivity contribution < 1.29 is 19.1 Å². The number of nitrogens with zero attached hydrogens (tertiary/aromatic N) is 1. The first-order chi connectivity index (χ1) is 12.2. The van der Waals surface area contributed by atoms with Crippen LogP contribution in [-0.2, 0) is 31.9 Å². The number of methoxy groups -OCH3 is 1. The number of carbonyl (C=O) groups is 2. The first-order valence-corrected chi connectivity index (χ1v) is 8.98. The van der Waals surface area contributed by atoms with Gasteiger partial charge in [0.05, 0.1) is 25.8 Å². The lowest BCUT2D eigenvalue weighted by molar-refractivity contribution is -0.139. The van der Waals surface area contributed by atoms with Crippen molar-refractivity contribution in [1.82, 2.24) is 4.98 Å². The summed E-state index contributed by atoms with van der Waals surface area (Å²) in [5, 5.41) is 4.96. The zero-order valence-electron chi connectivity index (χ0n) is 14.2. The first-order valence-electron chi connectivity index (χ1n) is 8.10. The van der Waals surface area contributed by atoms with Gasteiger partial charge in [0.2, 0.25) is 5.91 Å². The normalized spacial score (nSPS) is 10.4. The van der Waals surface area contributed by atoms with Crippen molar-refractivity contribution in [2.24, 2.45) is 0 Å². The lowest BCUT2D eigenvalue weighted by atomic mass is 10.2. The molecule has 1 N–H and O–H groups in total. The molecule has 0 bridgehead atoms. The number of amides is 1. The molecule has 0 radical (unpaired) electrons. The van der Waals surface area contributed by atoms with Crippen molar-refractivity contribution in [3.05, 3.63) is 47.0 Å². The van der Waals surface area contributed by atoms with Crippen LogP contribution in [0.25, 0.3) is 0 Å². The largest absolute Gasteiger partial charge is 0.469 e. The molecular weight excluding hydrogens is 340 g/mol. The predicted molar refractivity (Wildman–Crippen MR) is 96.7 cm³/mol. The molecule has 1 aromatic heterocycles. The van der Waals surface area contributed by atoms with Crippen molar-refractivity contribution >= 4 is 28.3 Å². The second-order valence-electron chi connectivity index (χ2n) is 5.40. The average molecular weight is 362 g/mol. The Kier molecular flexibility index (Phi) is 8.08. The summed E-state index contributed by atoms with van der Waals surface area (Å²) in [5.74, 6) is -0.457. The van der Waals surface area contributed by atoms with Gasteiger partial charge in [0.15, 0.2) is 5.13 Å². The van der Waals surface area contributed by atoms with Crippen molar-refractivity contribution in [2.45, 2.75) is 25.7 Å². The molecule has 1 aromatic carbocycles. The number of carbonyl (C=O) groups excluding carboxylic acids is 2. The summed E-state index contributed by atoms with van der Waals surface area (Å²) in [6.07, 6.45) is 2.01. The lowest BCUT2D eigenvalue weighted by Gasteiger charge is -2.05. The molecule has 1 amide bonds. The highest BCUT2D eigenvalue weighted by Gasteiger charge is 2.09. The Balaban J connectivity index is 1.57. The van der Waals surface area contributed by atoms with Crippen LogP contribution in [-0.4, -0.2) is 37.2 Å². The van der Waals surface area contributed by atoms with E-state index in [1.165, 1.54) is 24.0 Å². The van der Waals surface area contributed by atoms with Gasteiger partial charge in [-0.2, -0.15) is 0 Å². The Bertz CT molecular complexity index is 673. The molecule has 2 rings (SSSR count). The van der Waals surface area contributed by atoms with Gasteiger partial charge in [-0.05, 0) is 18.4 Å². The minimum absolute atomic E-state index is 0.106. The van der Waals surface area contributed by atoms with E-state index in [0.717, 1.165) is 6.42 Å². The fourth-order valence-corrected chi connectivity index (χ4v) is 2.85. The van der Waals surface area contributed by atoms with Gasteiger partial charge in [-0.25, -0.2) is 4.98 Å². The monoisotopic (exact) mass is 362 g/mol. The highest BCUT2D eigenvalue weighted by molar-refractivity contribution is 7.13. The molecule has 0 aliphatic rings. The number of nitrogens with one attached hydrogen (secondary N) is 1. The van der Waals surface area contributed by atoms with Gasteiger partial charge >= 0.3 is 5.97 Å². The second kappa shape index (κ2) is 10.6. The summed E-state index contributed by atoms with van der Waals surface area (Å²) < 4.78 is 10.1. The van der Waals surface area contributed by atoms with Crippen LogP contribution in [0.4, 0.5) is 5.13 Å². The summed E-state index contributed by atoms with van der Waals surface area (Å²) in [5.41, 5.74) is 1.84. The summed E-state index contributed by atoms with van der Waals surface area (Å²) >= 11 is 1.29. The number of aromatic nitrogens is 1. The molecule has 134 valence electrons. The maximum absolute atomic E-state index is 11.9. The standard InChI is InChI=1S/C18H22N2O4S/c1-23-17(22)12-15-13-25-18(19-15)20-16(21)8-5-10-24-11-9-14-6-3-2-4-7-14/h2-4,6-7,13H,5,8-12H2,1H3,(H,19,20,21). The highest BCUT2D eigenvalue weighted by atomic mass is 32.1. The van der Waals surface area contributed by atoms with Crippen molar-refractivity contribution in [3.63, 3.8) is 0 Å². The minimum atomic E-state index is -0.351. The van der Waals surface area contributed by atoms with Crippen LogP contribution in [0.15, 0.2) is 35.7 Å². The molecule has 1 heterocycles. The van der Waals surface area contributed by atoms with Crippen LogP contribution in [0, 0.1) is 0 Å². The Hall–Kier alpha value is -2.25. The van der Waals surface area contributed by atoms with E-state index < -0.39 is 0 Å². The van der Waals surface area contributed by atoms with E-state index in [-0.39, 0.29) is 18.3 Å². The summed E-state index contributed by atoms with van der Waals surface area (Å²) in [6, 6.07) is 10.1. The molecule has 25 heavy (non-hydrogen) atoms. The number of hydrogen-bond donors (Lipinski definition) is 1. The average Bonchev–Trinajstić information content (AvgIpc) is 3.05. The van der Waals surface area contributed by atoms with Crippen LogP contribution >= 0.6 is 11.3 Å². The molecule has 6 nitrogen and oxygen atoms in total.